The third kappa shape index (κ3) is 4.32. The van der Waals surface area contributed by atoms with Gasteiger partial charge in [-0.25, -0.2) is 4.98 Å². The lowest BCUT2D eigenvalue weighted by atomic mass is 10.2. The van der Waals surface area contributed by atoms with Gasteiger partial charge >= 0.3 is 0 Å². The molecule has 0 spiro atoms. The largest absolute Gasteiger partial charge is 0.493 e. The van der Waals surface area contributed by atoms with Crippen molar-refractivity contribution in [3.8, 4) is 11.5 Å². The number of aryl methyl sites for hydroxylation is 1. The van der Waals surface area contributed by atoms with E-state index in [2.05, 4.69) is 15.5 Å². The Morgan fingerprint density at radius 1 is 1.26 bits per heavy atom. The Morgan fingerprint density at radius 3 is 2.70 bits per heavy atom. The fourth-order valence-electron chi connectivity index (χ4n) is 2.30. The number of pyridine rings is 1. The number of carbonyl (C=O) groups excluding carboxylic acids is 1. The van der Waals surface area contributed by atoms with Crippen molar-refractivity contribution in [3.05, 3.63) is 63.6 Å². The lowest BCUT2D eigenvalue weighted by molar-refractivity contribution is 0.101. The standard InChI is InChI=1S/C18H15Cl2N3O4/c1-10-12(9-26-15-6-4-3-5-14(15)25-2)16(23-27-10)18(24)22-17-13(20)7-11(19)8-21-17/h3-8H,9H2,1-2H3,(H,21,22,24). The average molecular weight is 408 g/mol. The summed E-state index contributed by atoms with van der Waals surface area (Å²) in [5.41, 5.74) is 0.582. The first-order valence-electron chi connectivity index (χ1n) is 7.83. The first kappa shape index (κ1) is 19.0. The number of methoxy groups -OCH3 is 1. The highest BCUT2D eigenvalue weighted by atomic mass is 35.5. The zero-order chi connectivity index (χ0) is 19.4. The number of aromatic nitrogens is 2. The highest BCUT2D eigenvalue weighted by Crippen LogP contribution is 2.28. The zero-order valence-electron chi connectivity index (χ0n) is 14.5. The van der Waals surface area contributed by atoms with Crippen LogP contribution in [-0.4, -0.2) is 23.2 Å². The average Bonchev–Trinajstić information content (AvgIpc) is 3.03. The predicted molar refractivity (Wildman–Crippen MR) is 101 cm³/mol. The van der Waals surface area contributed by atoms with Gasteiger partial charge in [-0.15, -0.1) is 0 Å². The highest BCUT2D eigenvalue weighted by molar-refractivity contribution is 6.36. The van der Waals surface area contributed by atoms with Gasteiger partial charge in [-0.1, -0.05) is 40.5 Å². The maximum Gasteiger partial charge on any atom is 0.279 e. The summed E-state index contributed by atoms with van der Waals surface area (Å²) >= 11 is 11.8. The number of rotatable bonds is 6. The second kappa shape index (κ2) is 8.28. The first-order valence-corrected chi connectivity index (χ1v) is 8.58. The predicted octanol–water partition coefficient (Wildman–Crippen LogP) is 4.52. The first-order chi connectivity index (χ1) is 13.0. The molecule has 3 aromatic rings. The molecule has 0 aliphatic heterocycles. The Balaban J connectivity index is 1.78. The lowest BCUT2D eigenvalue weighted by Crippen LogP contribution is -2.16. The zero-order valence-corrected chi connectivity index (χ0v) is 16.0. The monoisotopic (exact) mass is 407 g/mol. The molecule has 7 nitrogen and oxygen atoms in total. The van der Waals surface area contributed by atoms with E-state index in [9.17, 15) is 4.79 Å². The number of ether oxygens (including phenoxy) is 2. The van der Waals surface area contributed by atoms with Crippen LogP contribution >= 0.6 is 23.2 Å². The van der Waals surface area contributed by atoms with Gasteiger partial charge in [0.05, 0.1) is 22.7 Å². The quantitative estimate of drug-likeness (QED) is 0.645. The van der Waals surface area contributed by atoms with Crippen LogP contribution in [0.4, 0.5) is 5.82 Å². The third-order valence-electron chi connectivity index (χ3n) is 3.68. The summed E-state index contributed by atoms with van der Waals surface area (Å²) in [5.74, 6) is 1.22. The Hall–Kier alpha value is -2.77. The molecular formula is C18H15Cl2N3O4. The van der Waals surface area contributed by atoms with Crippen molar-refractivity contribution in [2.75, 3.05) is 12.4 Å². The molecule has 1 aromatic carbocycles. The molecule has 140 valence electrons. The summed E-state index contributed by atoms with van der Waals surface area (Å²) < 4.78 is 16.2. The van der Waals surface area contributed by atoms with Gasteiger partial charge in [0.25, 0.3) is 5.91 Å². The SMILES string of the molecule is COc1ccccc1OCc1c(C(=O)Nc2ncc(Cl)cc2Cl)noc1C. The number of benzene rings is 1. The lowest BCUT2D eigenvalue weighted by Gasteiger charge is -2.10. The molecule has 0 bridgehead atoms. The topological polar surface area (TPSA) is 86.5 Å². The van der Waals surface area contributed by atoms with E-state index < -0.39 is 5.91 Å². The molecule has 9 heteroatoms. The van der Waals surface area contributed by atoms with Gasteiger partial charge in [-0.2, -0.15) is 0 Å². The van der Waals surface area contributed by atoms with Crippen LogP contribution in [0.15, 0.2) is 41.1 Å². The summed E-state index contributed by atoms with van der Waals surface area (Å²) in [5, 5.41) is 6.98. The number of halogens is 2. The van der Waals surface area contributed by atoms with Crippen LogP contribution in [0.1, 0.15) is 21.8 Å². The van der Waals surface area contributed by atoms with Crippen molar-refractivity contribution in [2.45, 2.75) is 13.5 Å². The van der Waals surface area contributed by atoms with Crippen molar-refractivity contribution in [2.24, 2.45) is 0 Å². The molecule has 0 atom stereocenters. The second-order valence-electron chi connectivity index (χ2n) is 5.44. The number of carbonyl (C=O) groups is 1. The number of amides is 1. The van der Waals surface area contributed by atoms with Gasteiger partial charge in [-0.3, -0.25) is 4.79 Å². The highest BCUT2D eigenvalue weighted by Gasteiger charge is 2.22. The summed E-state index contributed by atoms with van der Waals surface area (Å²) in [6, 6.07) is 8.67. The maximum absolute atomic E-state index is 12.6. The van der Waals surface area contributed by atoms with Gasteiger partial charge in [0, 0.05) is 6.20 Å². The summed E-state index contributed by atoms with van der Waals surface area (Å²) in [6.45, 7) is 1.76. The Morgan fingerprint density at radius 2 is 2.00 bits per heavy atom. The van der Waals surface area contributed by atoms with Crippen LogP contribution in [0.5, 0.6) is 11.5 Å². The van der Waals surface area contributed by atoms with E-state index in [4.69, 9.17) is 37.2 Å². The molecule has 2 heterocycles. The van der Waals surface area contributed by atoms with Crippen molar-refractivity contribution >= 4 is 34.9 Å². The molecule has 1 N–H and O–H groups in total. The Bertz CT molecular complexity index is 975. The van der Waals surface area contributed by atoms with Gasteiger partial charge < -0.3 is 19.3 Å². The van der Waals surface area contributed by atoms with Crippen molar-refractivity contribution in [1.82, 2.24) is 10.1 Å². The number of nitrogens with one attached hydrogen (secondary N) is 1. The van der Waals surface area contributed by atoms with Crippen LogP contribution in [0.25, 0.3) is 0 Å². The normalized spacial score (nSPS) is 10.5. The number of hydrogen-bond donors (Lipinski definition) is 1. The molecule has 0 fully saturated rings. The molecule has 0 saturated heterocycles. The van der Waals surface area contributed by atoms with Crippen LogP contribution in [0, 0.1) is 6.92 Å². The molecule has 3 rings (SSSR count). The smallest absolute Gasteiger partial charge is 0.279 e. The van der Waals surface area contributed by atoms with Crippen molar-refractivity contribution in [3.63, 3.8) is 0 Å². The van der Waals surface area contributed by atoms with Gasteiger partial charge in [-0.05, 0) is 25.1 Å². The third-order valence-corrected chi connectivity index (χ3v) is 4.18. The number of para-hydroxylation sites is 2. The fraction of sp³-hybridized carbons (Fsp3) is 0.167. The van der Waals surface area contributed by atoms with E-state index in [1.165, 1.54) is 12.3 Å². The van der Waals surface area contributed by atoms with Crippen LogP contribution in [-0.2, 0) is 6.61 Å². The Kier molecular flexibility index (Phi) is 5.83. The van der Waals surface area contributed by atoms with E-state index in [1.54, 1.807) is 26.2 Å². The number of anilines is 1. The van der Waals surface area contributed by atoms with Crippen LogP contribution in [0.2, 0.25) is 10.0 Å². The minimum atomic E-state index is -0.526. The minimum Gasteiger partial charge on any atom is -0.493 e. The number of hydrogen-bond acceptors (Lipinski definition) is 6. The van der Waals surface area contributed by atoms with Crippen molar-refractivity contribution in [1.29, 1.82) is 0 Å². The van der Waals surface area contributed by atoms with E-state index in [0.29, 0.717) is 27.8 Å². The molecule has 0 aliphatic carbocycles. The second-order valence-corrected chi connectivity index (χ2v) is 6.29. The molecule has 0 radical (unpaired) electrons. The molecule has 27 heavy (non-hydrogen) atoms. The maximum atomic E-state index is 12.6. The number of nitrogens with zero attached hydrogens (tertiary/aromatic N) is 2. The molecule has 2 aromatic heterocycles. The molecular weight excluding hydrogens is 393 g/mol. The molecule has 1 amide bonds. The fourth-order valence-corrected chi connectivity index (χ4v) is 2.73. The van der Waals surface area contributed by atoms with Crippen molar-refractivity contribution < 1.29 is 18.8 Å². The minimum absolute atomic E-state index is 0.0697. The Labute approximate surface area is 165 Å². The summed E-state index contributed by atoms with van der Waals surface area (Å²) in [6.07, 6.45) is 1.38. The summed E-state index contributed by atoms with van der Waals surface area (Å²) in [4.78, 5) is 16.6. The van der Waals surface area contributed by atoms with Crippen LogP contribution in [0.3, 0.4) is 0 Å². The van der Waals surface area contributed by atoms with Gasteiger partial charge in [0.2, 0.25) is 0 Å². The molecule has 0 unspecified atom stereocenters. The molecule has 0 aliphatic rings. The van der Waals surface area contributed by atoms with E-state index in [0.717, 1.165) is 0 Å². The molecule has 0 saturated carbocycles. The van der Waals surface area contributed by atoms with Crippen LogP contribution < -0.4 is 14.8 Å². The van der Waals surface area contributed by atoms with Gasteiger partial charge in [0.15, 0.2) is 23.0 Å². The summed E-state index contributed by atoms with van der Waals surface area (Å²) in [7, 11) is 1.55. The van der Waals surface area contributed by atoms with E-state index in [1.807, 2.05) is 12.1 Å². The van der Waals surface area contributed by atoms with Gasteiger partial charge in [0.1, 0.15) is 12.4 Å². The van der Waals surface area contributed by atoms with E-state index >= 15 is 0 Å². The van der Waals surface area contributed by atoms with E-state index in [-0.39, 0.29) is 23.1 Å².